The molecule has 0 radical (unpaired) electrons. The van der Waals surface area contributed by atoms with Crippen molar-refractivity contribution in [2.45, 2.75) is 45.6 Å². The number of carbonyl (C=O) groups excluding carboxylic acids is 1. The van der Waals surface area contributed by atoms with Gasteiger partial charge in [-0.1, -0.05) is 12.1 Å². The smallest absolute Gasteiger partial charge is 0.279 e. The Kier molecular flexibility index (Phi) is 3.67. The van der Waals surface area contributed by atoms with Crippen LogP contribution < -0.4 is 5.56 Å². The average molecular weight is 332 g/mol. The third kappa shape index (κ3) is 2.56. The van der Waals surface area contributed by atoms with E-state index in [1.807, 2.05) is 4.90 Å². The number of hydrogen-bond donors (Lipinski definition) is 0. The number of likely N-dealkylation sites (tertiary alicyclic amines) is 1. The molecule has 1 aliphatic carbocycles. The van der Waals surface area contributed by atoms with Crippen LogP contribution in [0.15, 0.2) is 4.79 Å². The van der Waals surface area contributed by atoms with E-state index in [-0.39, 0.29) is 18.0 Å². The highest BCUT2D eigenvalue weighted by Crippen LogP contribution is 2.35. The minimum atomic E-state index is -0.158. The van der Waals surface area contributed by atoms with E-state index in [1.165, 1.54) is 9.56 Å². The molecule has 1 fully saturated rings. The van der Waals surface area contributed by atoms with Gasteiger partial charge in [0, 0.05) is 18.0 Å². The first-order chi connectivity index (χ1) is 11.1. The lowest BCUT2D eigenvalue weighted by atomic mass is 9.89. The summed E-state index contributed by atoms with van der Waals surface area (Å²) in [5.74, 6) is 0.624. The van der Waals surface area contributed by atoms with Crippen LogP contribution in [0, 0.1) is 5.92 Å². The lowest BCUT2D eigenvalue weighted by Crippen LogP contribution is -2.36. The molecular formula is C16H20N4O2S. The lowest BCUT2D eigenvalue weighted by Gasteiger charge is -2.17. The van der Waals surface area contributed by atoms with Crippen LogP contribution in [0.5, 0.6) is 0 Å². The average Bonchev–Trinajstić information content (AvgIpc) is 3.16. The van der Waals surface area contributed by atoms with Crippen LogP contribution >= 0.6 is 11.3 Å². The molecule has 0 aromatic carbocycles. The minimum absolute atomic E-state index is 0.00277. The van der Waals surface area contributed by atoms with Gasteiger partial charge in [0.1, 0.15) is 6.54 Å². The fraction of sp³-hybridized carbons (Fsp3) is 0.625. The third-order valence-electron chi connectivity index (χ3n) is 4.93. The van der Waals surface area contributed by atoms with Crippen LogP contribution in [-0.4, -0.2) is 38.9 Å². The Morgan fingerprint density at radius 1 is 1.35 bits per heavy atom. The van der Waals surface area contributed by atoms with Crippen molar-refractivity contribution in [3.05, 3.63) is 20.8 Å². The van der Waals surface area contributed by atoms with Crippen LogP contribution in [0.2, 0.25) is 0 Å². The molecule has 7 heteroatoms. The number of hydrogen-bond acceptors (Lipinski definition) is 5. The Morgan fingerprint density at radius 2 is 2.13 bits per heavy atom. The number of fused-ring (bicyclic) bond motifs is 3. The summed E-state index contributed by atoms with van der Waals surface area (Å²) in [6, 6.07) is 0. The molecular weight excluding hydrogens is 312 g/mol. The zero-order chi connectivity index (χ0) is 16.0. The lowest BCUT2D eigenvalue weighted by molar-refractivity contribution is -0.131. The highest BCUT2D eigenvalue weighted by molar-refractivity contribution is 7.18. The summed E-state index contributed by atoms with van der Waals surface area (Å²) in [6.45, 7) is 3.82. The normalized spacial score (nSPS) is 20.9. The highest BCUT2D eigenvalue weighted by Gasteiger charge is 2.25. The molecule has 0 N–H and O–H groups in total. The summed E-state index contributed by atoms with van der Waals surface area (Å²) in [7, 11) is 0. The Morgan fingerprint density at radius 3 is 2.91 bits per heavy atom. The van der Waals surface area contributed by atoms with Crippen molar-refractivity contribution in [2.75, 3.05) is 13.1 Å². The van der Waals surface area contributed by atoms with E-state index in [0.717, 1.165) is 55.6 Å². The van der Waals surface area contributed by atoms with E-state index in [2.05, 4.69) is 17.2 Å². The van der Waals surface area contributed by atoms with Gasteiger partial charge in [-0.25, -0.2) is 4.68 Å². The molecule has 4 rings (SSSR count). The fourth-order valence-corrected chi connectivity index (χ4v) is 4.91. The summed E-state index contributed by atoms with van der Waals surface area (Å²) < 4.78 is 1.24. The van der Waals surface area contributed by atoms with E-state index < -0.39 is 0 Å². The summed E-state index contributed by atoms with van der Waals surface area (Å²) in [4.78, 5) is 28.9. The van der Waals surface area contributed by atoms with Crippen LogP contribution in [0.1, 0.15) is 36.6 Å². The van der Waals surface area contributed by atoms with Gasteiger partial charge >= 0.3 is 0 Å². The number of aromatic nitrogens is 3. The number of carbonyl (C=O) groups is 1. The van der Waals surface area contributed by atoms with Gasteiger partial charge in [-0.05, 0) is 43.6 Å². The first-order valence-electron chi connectivity index (χ1n) is 8.29. The fourth-order valence-electron chi connectivity index (χ4n) is 3.59. The molecule has 6 nitrogen and oxygen atoms in total. The molecule has 2 aromatic rings. The van der Waals surface area contributed by atoms with Crippen LogP contribution in [0.3, 0.4) is 0 Å². The number of amides is 1. The Balaban J connectivity index is 1.70. The molecule has 122 valence electrons. The molecule has 1 saturated heterocycles. The van der Waals surface area contributed by atoms with Crippen molar-refractivity contribution in [1.82, 2.24) is 19.9 Å². The van der Waals surface area contributed by atoms with Gasteiger partial charge in [-0.3, -0.25) is 9.59 Å². The van der Waals surface area contributed by atoms with Gasteiger partial charge in [0.05, 0.1) is 5.39 Å². The topological polar surface area (TPSA) is 68.1 Å². The quantitative estimate of drug-likeness (QED) is 0.838. The second kappa shape index (κ2) is 5.70. The molecule has 1 atom stereocenters. The predicted molar refractivity (Wildman–Crippen MR) is 88.7 cm³/mol. The second-order valence-electron chi connectivity index (χ2n) is 6.67. The molecule has 1 aliphatic heterocycles. The maximum Gasteiger partial charge on any atom is 0.279 e. The summed E-state index contributed by atoms with van der Waals surface area (Å²) >= 11 is 1.59. The highest BCUT2D eigenvalue weighted by atomic mass is 32.1. The Bertz CT molecular complexity index is 819. The molecule has 0 spiro atoms. The monoisotopic (exact) mass is 332 g/mol. The van der Waals surface area contributed by atoms with Gasteiger partial charge in [-0.15, -0.1) is 16.4 Å². The summed E-state index contributed by atoms with van der Waals surface area (Å²) in [5, 5.41) is 8.91. The zero-order valence-electron chi connectivity index (χ0n) is 13.2. The van der Waals surface area contributed by atoms with E-state index in [1.54, 1.807) is 11.3 Å². The second-order valence-corrected chi connectivity index (χ2v) is 7.76. The number of aryl methyl sites for hydroxylation is 1. The third-order valence-corrected chi connectivity index (χ3v) is 6.07. The van der Waals surface area contributed by atoms with Gasteiger partial charge in [-0.2, -0.15) is 0 Å². The molecule has 2 aliphatic rings. The molecule has 0 bridgehead atoms. The Hall–Kier alpha value is -1.76. The largest absolute Gasteiger partial charge is 0.341 e. The molecule has 23 heavy (non-hydrogen) atoms. The van der Waals surface area contributed by atoms with E-state index in [0.29, 0.717) is 11.3 Å². The minimum Gasteiger partial charge on any atom is -0.341 e. The number of thiophene rings is 1. The van der Waals surface area contributed by atoms with Crippen molar-refractivity contribution in [1.29, 1.82) is 0 Å². The molecule has 1 amide bonds. The number of rotatable bonds is 2. The Labute approximate surface area is 138 Å². The van der Waals surface area contributed by atoms with Gasteiger partial charge in [0.15, 0.2) is 4.83 Å². The maximum absolute atomic E-state index is 12.8. The maximum atomic E-state index is 12.8. The van der Waals surface area contributed by atoms with Crippen LogP contribution in [0.4, 0.5) is 0 Å². The van der Waals surface area contributed by atoms with Gasteiger partial charge < -0.3 is 4.90 Å². The van der Waals surface area contributed by atoms with Gasteiger partial charge in [0.2, 0.25) is 5.91 Å². The first kappa shape index (κ1) is 14.8. The molecule has 0 saturated carbocycles. The van der Waals surface area contributed by atoms with E-state index in [9.17, 15) is 9.59 Å². The predicted octanol–water partition coefficient (Wildman–Crippen LogP) is 1.60. The van der Waals surface area contributed by atoms with Crippen molar-refractivity contribution in [3.8, 4) is 0 Å². The number of nitrogens with zero attached hydrogens (tertiary/aromatic N) is 4. The van der Waals surface area contributed by atoms with Gasteiger partial charge in [0.25, 0.3) is 5.56 Å². The molecule has 3 heterocycles. The van der Waals surface area contributed by atoms with Crippen molar-refractivity contribution in [2.24, 2.45) is 5.92 Å². The van der Waals surface area contributed by atoms with Crippen molar-refractivity contribution >= 4 is 27.5 Å². The van der Waals surface area contributed by atoms with Crippen molar-refractivity contribution in [3.63, 3.8) is 0 Å². The summed E-state index contributed by atoms with van der Waals surface area (Å²) in [5.41, 5.74) is 0.986. The van der Waals surface area contributed by atoms with Crippen LogP contribution in [0.25, 0.3) is 10.2 Å². The summed E-state index contributed by atoms with van der Waals surface area (Å²) in [6.07, 6.45) is 5.14. The van der Waals surface area contributed by atoms with E-state index >= 15 is 0 Å². The molecule has 2 aromatic heterocycles. The zero-order valence-corrected chi connectivity index (χ0v) is 14.1. The van der Waals surface area contributed by atoms with E-state index in [4.69, 9.17) is 0 Å². The molecule has 0 unspecified atom stereocenters. The van der Waals surface area contributed by atoms with Crippen LogP contribution in [-0.2, 0) is 24.2 Å². The first-order valence-corrected chi connectivity index (χ1v) is 9.11. The standard InChI is InChI=1S/C16H20N4O2S/c1-10-4-5-11-12(8-10)23-15-14(11)16(22)20(18-17-15)9-13(21)19-6-2-3-7-19/h10H,2-9H2,1H3/t10-/m0/s1. The van der Waals surface area contributed by atoms with Crippen molar-refractivity contribution < 1.29 is 4.79 Å². The SMILES string of the molecule is C[C@H]1CCc2c(sc3nnn(CC(=O)N4CCCC4)c(=O)c23)C1.